The maximum atomic E-state index is 12.0. The summed E-state index contributed by atoms with van der Waals surface area (Å²) in [6.45, 7) is 1.71. The molecule has 0 aliphatic carbocycles. The van der Waals surface area contributed by atoms with E-state index in [1.807, 2.05) is 0 Å². The summed E-state index contributed by atoms with van der Waals surface area (Å²) in [5.74, 6) is 0. The summed E-state index contributed by atoms with van der Waals surface area (Å²) < 4.78 is 2.50. The third kappa shape index (κ3) is 2.65. The van der Waals surface area contributed by atoms with Crippen molar-refractivity contribution in [3.63, 3.8) is 0 Å². The SMILES string of the molecule is Cc1cc(=O)n(-c2c[c-]c(Cl)cc2)c(=O)n1C.[W+2]. The molecule has 0 saturated carbocycles. The number of hydrogen-bond donors (Lipinski definition) is 0. The first-order chi connectivity index (χ1) is 8.00. The molecule has 0 bridgehead atoms. The van der Waals surface area contributed by atoms with Crippen molar-refractivity contribution in [2.45, 2.75) is 6.92 Å². The predicted octanol–water partition coefficient (Wildman–Crippen LogP) is 1.30. The van der Waals surface area contributed by atoms with Crippen LogP contribution in [0, 0.1) is 13.0 Å². The van der Waals surface area contributed by atoms with Crippen LogP contribution in [0.25, 0.3) is 5.69 Å². The summed E-state index contributed by atoms with van der Waals surface area (Å²) in [7, 11) is 1.62. The number of aryl methyl sites for hydroxylation is 1. The number of rotatable bonds is 1. The molecule has 0 radical (unpaired) electrons. The molecule has 0 spiro atoms. The fourth-order valence-corrected chi connectivity index (χ4v) is 1.63. The molecule has 18 heavy (non-hydrogen) atoms. The van der Waals surface area contributed by atoms with Crippen molar-refractivity contribution in [3.05, 3.63) is 61.9 Å². The Balaban J connectivity index is 0.00000162. The van der Waals surface area contributed by atoms with Gasteiger partial charge in [-0.2, -0.15) is 18.2 Å². The molecule has 4 nitrogen and oxygen atoms in total. The Morgan fingerprint density at radius 2 is 1.94 bits per heavy atom. The number of aromatic nitrogens is 2. The fraction of sp³-hybridized carbons (Fsp3) is 0.167. The van der Waals surface area contributed by atoms with Gasteiger partial charge in [-0.3, -0.25) is 9.36 Å². The molecule has 1 aromatic heterocycles. The minimum absolute atomic E-state index is 0. The van der Waals surface area contributed by atoms with Gasteiger partial charge in [0.2, 0.25) is 5.56 Å². The van der Waals surface area contributed by atoms with Crippen molar-refractivity contribution in [3.8, 4) is 5.69 Å². The van der Waals surface area contributed by atoms with Gasteiger partial charge in [-0.05, 0) is 6.92 Å². The molecule has 0 aliphatic rings. The smallest absolute Gasteiger partial charge is 0.301 e. The Kier molecular flexibility index (Phi) is 4.71. The average molecular weight is 434 g/mol. The summed E-state index contributed by atoms with van der Waals surface area (Å²) in [5.41, 5.74) is 0.334. The van der Waals surface area contributed by atoms with E-state index in [1.165, 1.54) is 16.7 Å². The number of halogens is 1. The Morgan fingerprint density at radius 3 is 2.50 bits per heavy atom. The molecule has 0 amide bonds. The third-order valence-corrected chi connectivity index (χ3v) is 2.81. The maximum absolute atomic E-state index is 12.0. The van der Waals surface area contributed by atoms with Crippen LogP contribution in [0.3, 0.4) is 0 Å². The average Bonchev–Trinajstić information content (AvgIpc) is 2.29. The molecular weight excluding hydrogens is 423 g/mol. The Labute approximate surface area is 123 Å². The standard InChI is InChI=1S/C12H10ClN2O2.W/c1-8-7-11(16)15(12(17)14(8)2)10-5-3-9(13)4-6-10;/h3,5-7H,1-2H3;/q-1;+2. The maximum Gasteiger partial charge on any atom is 2.00 e. The summed E-state index contributed by atoms with van der Waals surface area (Å²) >= 11 is 5.71. The first-order valence-electron chi connectivity index (χ1n) is 4.98. The second kappa shape index (κ2) is 5.68. The second-order valence-electron chi connectivity index (χ2n) is 3.70. The van der Waals surface area contributed by atoms with E-state index in [9.17, 15) is 9.59 Å². The third-order valence-electron chi connectivity index (χ3n) is 2.58. The number of hydrogen-bond acceptors (Lipinski definition) is 2. The van der Waals surface area contributed by atoms with Crippen LogP contribution < -0.4 is 11.2 Å². The van der Waals surface area contributed by atoms with Gasteiger partial charge >= 0.3 is 26.8 Å². The zero-order valence-electron chi connectivity index (χ0n) is 9.81. The molecule has 0 N–H and O–H groups in total. The molecule has 0 aliphatic heterocycles. The molecule has 1 heterocycles. The van der Waals surface area contributed by atoms with Gasteiger partial charge in [0.25, 0.3) is 0 Å². The van der Waals surface area contributed by atoms with Crippen molar-refractivity contribution in [1.29, 1.82) is 0 Å². The van der Waals surface area contributed by atoms with Crippen LogP contribution in [0.5, 0.6) is 0 Å². The summed E-state index contributed by atoms with van der Waals surface area (Å²) in [6.07, 6.45) is 0. The molecular formula is C12H10ClN2O2W+. The number of benzene rings is 1. The number of nitrogens with zero attached hydrogens (tertiary/aromatic N) is 2. The zero-order valence-corrected chi connectivity index (χ0v) is 13.5. The molecule has 0 atom stereocenters. The molecule has 0 fully saturated rings. The monoisotopic (exact) mass is 433 g/mol. The van der Waals surface area contributed by atoms with Crippen molar-refractivity contribution in [2.24, 2.45) is 7.05 Å². The largest absolute Gasteiger partial charge is 2.00 e. The quantitative estimate of drug-likeness (QED) is 0.637. The van der Waals surface area contributed by atoms with Crippen LogP contribution in [0.15, 0.2) is 33.9 Å². The summed E-state index contributed by atoms with van der Waals surface area (Å²) in [4.78, 5) is 23.8. The van der Waals surface area contributed by atoms with Crippen molar-refractivity contribution < 1.29 is 21.1 Å². The van der Waals surface area contributed by atoms with E-state index >= 15 is 0 Å². The van der Waals surface area contributed by atoms with Gasteiger partial charge in [-0.1, -0.05) is 10.7 Å². The minimum Gasteiger partial charge on any atom is -0.301 e. The van der Waals surface area contributed by atoms with Crippen LogP contribution in [-0.4, -0.2) is 9.13 Å². The van der Waals surface area contributed by atoms with Crippen molar-refractivity contribution in [1.82, 2.24) is 9.13 Å². The van der Waals surface area contributed by atoms with Crippen molar-refractivity contribution >= 4 is 11.6 Å². The molecule has 6 heteroatoms. The van der Waals surface area contributed by atoms with E-state index in [-0.39, 0.29) is 32.3 Å². The molecule has 92 valence electrons. The topological polar surface area (TPSA) is 44.0 Å². The van der Waals surface area contributed by atoms with E-state index in [1.54, 1.807) is 26.1 Å². The van der Waals surface area contributed by atoms with Gasteiger partial charge in [0, 0.05) is 18.8 Å². The van der Waals surface area contributed by atoms with Gasteiger partial charge < -0.3 is 4.57 Å². The minimum atomic E-state index is -0.384. The Hall–Kier alpha value is -1.12. The van der Waals surface area contributed by atoms with Gasteiger partial charge in [0.15, 0.2) is 0 Å². The van der Waals surface area contributed by atoms with Crippen LogP contribution in [0.1, 0.15) is 5.69 Å². The van der Waals surface area contributed by atoms with E-state index in [0.29, 0.717) is 16.4 Å². The van der Waals surface area contributed by atoms with E-state index in [4.69, 9.17) is 11.6 Å². The second-order valence-corrected chi connectivity index (χ2v) is 4.10. The molecule has 2 rings (SSSR count). The first-order valence-corrected chi connectivity index (χ1v) is 5.36. The van der Waals surface area contributed by atoms with Crippen LogP contribution in [0.4, 0.5) is 0 Å². The van der Waals surface area contributed by atoms with Crippen molar-refractivity contribution in [2.75, 3.05) is 0 Å². The Bertz CT molecular complexity index is 674. The van der Waals surface area contributed by atoms with Crippen LogP contribution >= 0.6 is 11.6 Å². The Morgan fingerprint density at radius 1 is 1.28 bits per heavy atom. The molecule has 0 unspecified atom stereocenters. The van der Waals surface area contributed by atoms with E-state index in [0.717, 1.165) is 4.57 Å². The van der Waals surface area contributed by atoms with Gasteiger partial charge in [-0.25, -0.2) is 4.79 Å². The predicted molar refractivity (Wildman–Crippen MR) is 65.9 cm³/mol. The van der Waals surface area contributed by atoms with Crippen LogP contribution in [-0.2, 0) is 28.1 Å². The zero-order chi connectivity index (χ0) is 12.6. The molecule has 2 aromatic rings. The van der Waals surface area contributed by atoms with Crippen LogP contribution in [0.2, 0.25) is 5.02 Å². The summed E-state index contributed by atoms with van der Waals surface area (Å²) in [6, 6.07) is 8.87. The molecule has 1 aromatic carbocycles. The van der Waals surface area contributed by atoms with Gasteiger partial charge in [0.1, 0.15) is 0 Å². The van der Waals surface area contributed by atoms with E-state index in [2.05, 4.69) is 6.07 Å². The summed E-state index contributed by atoms with van der Waals surface area (Å²) in [5, 5.41) is 0.436. The van der Waals surface area contributed by atoms with Gasteiger partial charge in [0.05, 0.1) is 0 Å². The fourth-order valence-electron chi connectivity index (χ4n) is 1.51. The molecule has 0 saturated heterocycles. The first kappa shape index (κ1) is 14.9. The van der Waals surface area contributed by atoms with E-state index < -0.39 is 0 Å². The van der Waals surface area contributed by atoms with Gasteiger partial charge in [-0.15, -0.1) is 17.7 Å². The normalized spacial score (nSPS) is 9.94.